The molecule has 12 heavy (non-hydrogen) atoms. The Kier molecular flexibility index (Phi) is 1.96. The summed E-state index contributed by atoms with van der Waals surface area (Å²) >= 11 is 3.41. The highest BCUT2D eigenvalue weighted by molar-refractivity contribution is 9.10. The minimum absolute atomic E-state index is 0.0150. The van der Waals surface area contributed by atoms with Crippen molar-refractivity contribution in [3.63, 3.8) is 0 Å². The molecular formula is C8H11BrN2O. The second-order valence-electron chi connectivity index (χ2n) is 3.18. The lowest BCUT2D eigenvalue weighted by molar-refractivity contribution is 0.274. The molecular weight excluding hydrogens is 220 g/mol. The number of halogens is 1. The number of hydrogen-bond donors (Lipinski definition) is 1. The minimum Gasteiger partial charge on any atom is -0.390 e. The molecule has 1 aromatic heterocycles. The quantitative estimate of drug-likeness (QED) is 0.842. The van der Waals surface area contributed by atoms with E-state index in [4.69, 9.17) is 5.11 Å². The molecule has 1 aromatic rings. The Hall–Kier alpha value is -0.350. The molecule has 1 heterocycles. The molecule has 1 aliphatic rings. The molecule has 1 N–H and O–H groups in total. The van der Waals surface area contributed by atoms with Crippen molar-refractivity contribution in [1.82, 2.24) is 9.78 Å². The molecule has 0 aromatic carbocycles. The summed E-state index contributed by atoms with van der Waals surface area (Å²) in [6.45, 7) is 2.04. The number of nitrogens with zero attached hydrogens (tertiary/aromatic N) is 2. The lowest BCUT2D eigenvalue weighted by Crippen LogP contribution is -1.98. The summed E-state index contributed by atoms with van der Waals surface area (Å²) in [5.74, 6) is 0. The van der Waals surface area contributed by atoms with Crippen molar-refractivity contribution in [1.29, 1.82) is 0 Å². The molecule has 0 atom stereocenters. The lowest BCUT2D eigenvalue weighted by Gasteiger charge is -1.98. The highest BCUT2D eigenvalue weighted by Gasteiger charge is 2.27. The van der Waals surface area contributed by atoms with E-state index in [1.54, 1.807) is 0 Å². The molecule has 0 unspecified atom stereocenters. The van der Waals surface area contributed by atoms with Crippen LogP contribution in [0.3, 0.4) is 0 Å². The summed E-state index contributed by atoms with van der Waals surface area (Å²) in [6, 6.07) is 0.585. The molecule has 4 heteroatoms. The van der Waals surface area contributed by atoms with Crippen molar-refractivity contribution in [3.05, 3.63) is 15.9 Å². The molecule has 1 aliphatic carbocycles. The van der Waals surface area contributed by atoms with Crippen LogP contribution in [0.4, 0.5) is 0 Å². The van der Waals surface area contributed by atoms with Crippen LogP contribution in [0, 0.1) is 6.92 Å². The maximum absolute atomic E-state index is 8.95. The largest absolute Gasteiger partial charge is 0.390 e. The average Bonchev–Trinajstić information content (AvgIpc) is 2.84. The highest BCUT2D eigenvalue weighted by atomic mass is 79.9. The number of aliphatic hydroxyl groups is 1. The summed E-state index contributed by atoms with van der Waals surface area (Å²) in [4.78, 5) is 0. The first-order valence-electron chi connectivity index (χ1n) is 4.08. The van der Waals surface area contributed by atoms with Gasteiger partial charge in [0.15, 0.2) is 0 Å². The van der Waals surface area contributed by atoms with E-state index in [1.165, 1.54) is 12.8 Å². The van der Waals surface area contributed by atoms with Crippen LogP contribution in [0.25, 0.3) is 0 Å². The monoisotopic (exact) mass is 230 g/mol. The van der Waals surface area contributed by atoms with Crippen LogP contribution >= 0.6 is 15.9 Å². The molecule has 1 fully saturated rings. The van der Waals surface area contributed by atoms with Gasteiger partial charge in [-0.2, -0.15) is 5.10 Å². The van der Waals surface area contributed by atoms with Crippen LogP contribution in [0.15, 0.2) is 4.47 Å². The maximum Gasteiger partial charge on any atom is 0.102 e. The molecule has 0 radical (unpaired) electrons. The zero-order chi connectivity index (χ0) is 8.72. The summed E-state index contributed by atoms with van der Waals surface area (Å²) in [5, 5.41) is 13.3. The lowest BCUT2D eigenvalue weighted by atomic mass is 10.4. The van der Waals surface area contributed by atoms with E-state index in [0.717, 1.165) is 15.9 Å². The third kappa shape index (κ3) is 1.19. The summed E-state index contributed by atoms with van der Waals surface area (Å²) in [7, 11) is 0. The van der Waals surface area contributed by atoms with Crippen molar-refractivity contribution in [2.24, 2.45) is 0 Å². The normalized spacial score (nSPS) is 16.9. The Morgan fingerprint density at radius 2 is 2.33 bits per heavy atom. The smallest absolute Gasteiger partial charge is 0.102 e. The Labute approximate surface area is 79.5 Å². The van der Waals surface area contributed by atoms with Gasteiger partial charge in [0, 0.05) is 0 Å². The molecule has 1 saturated carbocycles. The van der Waals surface area contributed by atoms with E-state index >= 15 is 0 Å². The van der Waals surface area contributed by atoms with Gasteiger partial charge in [-0.05, 0) is 35.7 Å². The Balaban J connectivity index is 2.41. The molecule has 2 rings (SSSR count). The maximum atomic E-state index is 8.95. The topological polar surface area (TPSA) is 38.1 Å². The molecule has 0 saturated heterocycles. The van der Waals surface area contributed by atoms with Crippen LogP contribution < -0.4 is 0 Å². The van der Waals surface area contributed by atoms with Crippen LogP contribution in [0.1, 0.15) is 30.3 Å². The number of hydrogen-bond acceptors (Lipinski definition) is 2. The molecule has 0 amide bonds. The van der Waals surface area contributed by atoms with E-state index in [1.807, 2.05) is 11.6 Å². The van der Waals surface area contributed by atoms with Gasteiger partial charge in [0.25, 0.3) is 0 Å². The zero-order valence-corrected chi connectivity index (χ0v) is 8.50. The van der Waals surface area contributed by atoms with Crippen LogP contribution in [-0.4, -0.2) is 14.9 Å². The van der Waals surface area contributed by atoms with E-state index in [0.29, 0.717) is 6.04 Å². The Bertz CT molecular complexity index is 304. The third-order valence-electron chi connectivity index (χ3n) is 2.19. The summed E-state index contributed by atoms with van der Waals surface area (Å²) in [6.07, 6.45) is 2.44. The van der Waals surface area contributed by atoms with Crippen molar-refractivity contribution in [3.8, 4) is 0 Å². The van der Waals surface area contributed by atoms with Crippen LogP contribution in [0.5, 0.6) is 0 Å². The second-order valence-corrected chi connectivity index (χ2v) is 3.97. The fourth-order valence-electron chi connectivity index (χ4n) is 1.33. The number of rotatable bonds is 2. The van der Waals surface area contributed by atoms with Gasteiger partial charge in [0.1, 0.15) is 5.69 Å². The minimum atomic E-state index is 0.0150. The fourth-order valence-corrected chi connectivity index (χ4v) is 1.72. The third-order valence-corrected chi connectivity index (χ3v) is 3.22. The van der Waals surface area contributed by atoms with Gasteiger partial charge in [0.2, 0.25) is 0 Å². The molecule has 0 bridgehead atoms. The van der Waals surface area contributed by atoms with E-state index in [9.17, 15) is 0 Å². The predicted molar refractivity (Wildman–Crippen MR) is 48.9 cm³/mol. The average molecular weight is 231 g/mol. The molecule has 66 valence electrons. The summed E-state index contributed by atoms with van der Waals surface area (Å²) in [5.41, 5.74) is 1.88. The van der Waals surface area contributed by atoms with Gasteiger partial charge in [0.05, 0.1) is 22.8 Å². The Morgan fingerprint density at radius 1 is 1.67 bits per heavy atom. The Morgan fingerprint density at radius 3 is 2.75 bits per heavy atom. The van der Waals surface area contributed by atoms with Crippen molar-refractivity contribution < 1.29 is 5.11 Å². The zero-order valence-electron chi connectivity index (χ0n) is 6.92. The first-order valence-corrected chi connectivity index (χ1v) is 4.87. The molecule has 3 nitrogen and oxygen atoms in total. The molecule has 0 aliphatic heterocycles. The second kappa shape index (κ2) is 2.85. The van der Waals surface area contributed by atoms with Crippen molar-refractivity contribution in [2.45, 2.75) is 32.4 Å². The number of aromatic nitrogens is 2. The van der Waals surface area contributed by atoms with Gasteiger partial charge in [-0.1, -0.05) is 0 Å². The first kappa shape index (κ1) is 8.26. The standard InChI is InChI=1S/C8H11BrN2O/c1-5-8(9)7(4-12)10-11(5)6-2-3-6/h6,12H,2-4H2,1H3. The van der Waals surface area contributed by atoms with Gasteiger partial charge in [-0.25, -0.2) is 0 Å². The first-order chi connectivity index (χ1) is 5.74. The fraction of sp³-hybridized carbons (Fsp3) is 0.625. The summed E-state index contributed by atoms with van der Waals surface area (Å²) < 4.78 is 2.97. The van der Waals surface area contributed by atoms with Crippen LogP contribution in [0.2, 0.25) is 0 Å². The number of aliphatic hydroxyl groups excluding tert-OH is 1. The predicted octanol–water partition coefficient (Wildman–Crippen LogP) is 1.78. The van der Waals surface area contributed by atoms with Crippen molar-refractivity contribution >= 4 is 15.9 Å². The van der Waals surface area contributed by atoms with Gasteiger partial charge < -0.3 is 5.11 Å². The van der Waals surface area contributed by atoms with Crippen molar-refractivity contribution in [2.75, 3.05) is 0 Å². The SMILES string of the molecule is Cc1c(Br)c(CO)nn1C1CC1. The van der Waals surface area contributed by atoms with Gasteiger partial charge in [-0.3, -0.25) is 4.68 Å². The van der Waals surface area contributed by atoms with Gasteiger partial charge >= 0.3 is 0 Å². The van der Waals surface area contributed by atoms with Crippen LogP contribution in [-0.2, 0) is 6.61 Å². The van der Waals surface area contributed by atoms with Gasteiger partial charge in [-0.15, -0.1) is 0 Å². The van der Waals surface area contributed by atoms with E-state index < -0.39 is 0 Å². The van der Waals surface area contributed by atoms with E-state index in [-0.39, 0.29) is 6.61 Å². The van der Waals surface area contributed by atoms with E-state index in [2.05, 4.69) is 21.0 Å². The highest BCUT2D eigenvalue weighted by Crippen LogP contribution is 2.37. The molecule has 0 spiro atoms.